The average molecular weight is 395 g/mol. The molecule has 2 aromatic rings. The van der Waals surface area contributed by atoms with E-state index in [1.54, 1.807) is 0 Å². The SMILES string of the molecule is Cc1cc(CNC(=O)C2(c3ccccc3)CCOCC2)nc(N2CCCCC2)n1. The van der Waals surface area contributed by atoms with Crippen LogP contribution >= 0.6 is 0 Å². The van der Waals surface area contributed by atoms with Crippen LogP contribution in [0.15, 0.2) is 36.4 Å². The molecule has 1 N–H and O–H groups in total. The normalized spacial score (nSPS) is 19.0. The van der Waals surface area contributed by atoms with E-state index >= 15 is 0 Å². The predicted molar refractivity (Wildman–Crippen MR) is 113 cm³/mol. The van der Waals surface area contributed by atoms with Crippen LogP contribution in [-0.2, 0) is 21.5 Å². The molecule has 6 heteroatoms. The van der Waals surface area contributed by atoms with Gasteiger partial charge in [-0.2, -0.15) is 0 Å². The smallest absolute Gasteiger partial charge is 0.231 e. The van der Waals surface area contributed by atoms with Crippen LogP contribution in [0.25, 0.3) is 0 Å². The van der Waals surface area contributed by atoms with Gasteiger partial charge in [0.2, 0.25) is 11.9 Å². The Hall–Kier alpha value is -2.47. The molecule has 0 unspecified atom stereocenters. The number of carbonyl (C=O) groups is 1. The van der Waals surface area contributed by atoms with Crippen molar-refractivity contribution in [2.75, 3.05) is 31.2 Å². The van der Waals surface area contributed by atoms with Crippen LogP contribution in [0.4, 0.5) is 5.95 Å². The van der Waals surface area contributed by atoms with E-state index in [1.807, 2.05) is 43.3 Å². The summed E-state index contributed by atoms with van der Waals surface area (Å²) in [7, 11) is 0. The van der Waals surface area contributed by atoms with Gasteiger partial charge in [-0.25, -0.2) is 9.97 Å². The number of aryl methyl sites for hydroxylation is 1. The lowest BCUT2D eigenvalue weighted by Gasteiger charge is -2.36. The standard InChI is InChI=1S/C23H30N4O2/c1-18-16-20(26-22(25-18)27-12-6-3-7-13-27)17-24-21(28)23(10-14-29-15-11-23)19-8-4-2-5-9-19/h2,4-5,8-9,16H,3,6-7,10-15,17H2,1H3,(H,24,28). The second-order valence-corrected chi connectivity index (χ2v) is 8.09. The van der Waals surface area contributed by atoms with Gasteiger partial charge in [0.15, 0.2) is 0 Å². The van der Waals surface area contributed by atoms with Crippen LogP contribution in [0.2, 0.25) is 0 Å². The number of amides is 1. The van der Waals surface area contributed by atoms with Gasteiger partial charge in [0.25, 0.3) is 0 Å². The molecule has 0 radical (unpaired) electrons. The largest absolute Gasteiger partial charge is 0.381 e. The fourth-order valence-corrected chi connectivity index (χ4v) is 4.41. The van der Waals surface area contributed by atoms with Crippen molar-refractivity contribution in [2.45, 2.75) is 51.0 Å². The lowest BCUT2D eigenvalue weighted by Crippen LogP contribution is -2.47. The summed E-state index contributed by atoms with van der Waals surface area (Å²) in [6.45, 7) is 5.63. The van der Waals surface area contributed by atoms with Crippen molar-refractivity contribution in [3.8, 4) is 0 Å². The maximum absolute atomic E-state index is 13.3. The summed E-state index contributed by atoms with van der Waals surface area (Å²) in [4.78, 5) is 25.0. The molecule has 1 amide bonds. The number of nitrogens with one attached hydrogen (secondary N) is 1. The summed E-state index contributed by atoms with van der Waals surface area (Å²) in [6.07, 6.45) is 5.04. The van der Waals surface area contributed by atoms with Crippen molar-refractivity contribution < 1.29 is 9.53 Å². The predicted octanol–water partition coefficient (Wildman–Crippen LogP) is 3.14. The number of anilines is 1. The lowest BCUT2D eigenvalue weighted by molar-refractivity contribution is -0.130. The first-order valence-corrected chi connectivity index (χ1v) is 10.7. The van der Waals surface area contributed by atoms with Crippen molar-refractivity contribution in [3.05, 3.63) is 53.3 Å². The molecule has 0 bridgehead atoms. The Bertz CT molecular complexity index is 828. The van der Waals surface area contributed by atoms with E-state index in [1.165, 1.54) is 19.3 Å². The Balaban J connectivity index is 1.50. The van der Waals surface area contributed by atoms with E-state index in [2.05, 4.69) is 15.2 Å². The molecule has 154 valence electrons. The first-order chi connectivity index (χ1) is 14.2. The van der Waals surface area contributed by atoms with Gasteiger partial charge in [0.05, 0.1) is 17.7 Å². The zero-order valence-electron chi connectivity index (χ0n) is 17.2. The quantitative estimate of drug-likeness (QED) is 0.844. The highest BCUT2D eigenvalue weighted by Crippen LogP contribution is 2.35. The molecule has 2 aliphatic heterocycles. The molecular formula is C23H30N4O2. The van der Waals surface area contributed by atoms with Gasteiger partial charge in [0.1, 0.15) is 0 Å². The maximum Gasteiger partial charge on any atom is 0.231 e. The van der Waals surface area contributed by atoms with Gasteiger partial charge >= 0.3 is 0 Å². The molecule has 2 saturated heterocycles. The Kier molecular flexibility index (Phi) is 6.09. The number of carbonyl (C=O) groups excluding carboxylic acids is 1. The molecule has 1 aromatic heterocycles. The van der Waals surface area contributed by atoms with Gasteiger partial charge in [-0.15, -0.1) is 0 Å². The van der Waals surface area contributed by atoms with E-state index in [-0.39, 0.29) is 5.91 Å². The van der Waals surface area contributed by atoms with Crippen LogP contribution < -0.4 is 10.2 Å². The molecule has 0 saturated carbocycles. The number of ether oxygens (including phenoxy) is 1. The third-order valence-electron chi connectivity index (χ3n) is 6.07. The Morgan fingerprint density at radius 2 is 1.83 bits per heavy atom. The summed E-state index contributed by atoms with van der Waals surface area (Å²) in [5.41, 5.74) is 2.33. The minimum Gasteiger partial charge on any atom is -0.381 e. The molecule has 2 fully saturated rings. The topological polar surface area (TPSA) is 67.3 Å². The monoisotopic (exact) mass is 394 g/mol. The highest BCUT2D eigenvalue weighted by Gasteiger charge is 2.41. The number of hydrogen-bond donors (Lipinski definition) is 1. The van der Waals surface area contributed by atoms with Crippen molar-refractivity contribution in [2.24, 2.45) is 0 Å². The third kappa shape index (κ3) is 4.42. The highest BCUT2D eigenvalue weighted by atomic mass is 16.5. The van der Waals surface area contributed by atoms with E-state index in [0.717, 1.165) is 36.0 Å². The van der Waals surface area contributed by atoms with Crippen LogP contribution in [0.5, 0.6) is 0 Å². The van der Waals surface area contributed by atoms with Crippen LogP contribution in [0.1, 0.15) is 49.1 Å². The maximum atomic E-state index is 13.3. The van der Waals surface area contributed by atoms with Crippen molar-refractivity contribution in [1.82, 2.24) is 15.3 Å². The summed E-state index contributed by atoms with van der Waals surface area (Å²) in [6, 6.07) is 12.0. The summed E-state index contributed by atoms with van der Waals surface area (Å²) < 4.78 is 5.55. The van der Waals surface area contributed by atoms with E-state index in [4.69, 9.17) is 9.72 Å². The Morgan fingerprint density at radius 1 is 1.10 bits per heavy atom. The van der Waals surface area contributed by atoms with Crippen LogP contribution in [0, 0.1) is 6.92 Å². The summed E-state index contributed by atoms with van der Waals surface area (Å²) in [5, 5.41) is 3.16. The first kappa shape index (κ1) is 19.8. The first-order valence-electron chi connectivity index (χ1n) is 10.7. The fourth-order valence-electron chi connectivity index (χ4n) is 4.41. The molecule has 0 atom stereocenters. The average Bonchev–Trinajstić information content (AvgIpc) is 2.79. The molecule has 0 aliphatic carbocycles. The number of nitrogens with zero attached hydrogens (tertiary/aromatic N) is 3. The molecular weight excluding hydrogens is 364 g/mol. The van der Waals surface area contributed by atoms with Gasteiger partial charge in [-0.05, 0) is 50.7 Å². The van der Waals surface area contributed by atoms with Gasteiger partial charge in [-0.3, -0.25) is 4.79 Å². The van der Waals surface area contributed by atoms with Crippen molar-refractivity contribution in [3.63, 3.8) is 0 Å². The Morgan fingerprint density at radius 3 is 2.55 bits per heavy atom. The molecule has 29 heavy (non-hydrogen) atoms. The van der Waals surface area contributed by atoms with Gasteiger partial charge in [-0.1, -0.05) is 30.3 Å². The van der Waals surface area contributed by atoms with Gasteiger partial charge in [0, 0.05) is 32.0 Å². The number of aromatic nitrogens is 2. The Labute approximate surface area is 172 Å². The number of hydrogen-bond acceptors (Lipinski definition) is 5. The van der Waals surface area contributed by atoms with Crippen LogP contribution in [-0.4, -0.2) is 42.2 Å². The zero-order chi connectivity index (χ0) is 20.1. The molecule has 6 nitrogen and oxygen atoms in total. The van der Waals surface area contributed by atoms with Gasteiger partial charge < -0.3 is 15.0 Å². The molecule has 4 rings (SSSR count). The second-order valence-electron chi connectivity index (χ2n) is 8.09. The summed E-state index contributed by atoms with van der Waals surface area (Å²) >= 11 is 0. The molecule has 3 heterocycles. The number of benzene rings is 1. The molecule has 0 spiro atoms. The lowest BCUT2D eigenvalue weighted by atomic mass is 9.73. The number of rotatable bonds is 5. The minimum absolute atomic E-state index is 0.0581. The van der Waals surface area contributed by atoms with Crippen molar-refractivity contribution >= 4 is 11.9 Å². The van der Waals surface area contributed by atoms with E-state index in [0.29, 0.717) is 32.6 Å². The van der Waals surface area contributed by atoms with E-state index in [9.17, 15) is 4.79 Å². The summed E-state index contributed by atoms with van der Waals surface area (Å²) in [5.74, 6) is 0.848. The molecule has 1 aromatic carbocycles. The van der Waals surface area contributed by atoms with Crippen molar-refractivity contribution in [1.29, 1.82) is 0 Å². The fraction of sp³-hybridized carbons (Fsp3) is 0.522. The zero-order valence-corrected chi connectivity index (χ0v) is 17.2. The van der Waals surface area contributed by atoms with E-state index < -0.39 is 5.41 Å². The van der Waals surface area contributed by atoms with Crippen LogP contribution in [0.3, 0.4) is 0 Å². The third-order valence-corrected chi connectivity index (χ3v) is 6.07. The number of piperidine rings is 1. The highest BCUT2D eigenvalue weighted by molar-refractivity contribution is 5.88. The second kappa shape index (κ2) is 8.91. The molecule has 2 aliphatic rings. The minimum atomic E-state index is -0.530.